The molecule has 0 fully saturated rings. The number of hydrogen-bond acceptors (Lipinski definition) is 6. The Kier molecular flexibility index (Phi) is 5.91. The number of carbonyl (C=O) groups excluding carboxylic acids is 1. The molecule has 1 aromatic carbocycles. The number of nitrogens with zero attached hydrogens (tertiary/aromatic N) is 5. The summed E-state index contributed by atoms with van der Waals surface area (Å²) in [4.78, 5) is 19.0. The van der Waals surface area contributed by atoms with Crippen LogP contribution in [-0.2, 0) is 13.1 Å². The predicted octanol–water partition coefficient (Wildman–Crippen LogP) is 3.94. The van der Waals surface area contributed by atoms with Crippen molar-refractivity contribution in [1.82, 2.24) is 19.7 Å². The number of aryl methyl sites for hydroxylation is 1. The number of alkyl halides is 3. The van der Waals surface area contributed by atoms with Gasteiger partial charge in [-0.25, -0.2) is 4.68 Å². The second-order valence-corrected chi connectivity index (χ2v) is 7.80. The van der Waals surface area contributed by atoms with Gasteiger partial charge >= 0.3 is 6.18 Å². The van der Waals surface area contributed by atoms with Crippen molar-refractivity contribution >= 4 is 5.91 Å². The van der Waals surface area contributed by atoms with Crippen molar-refractivity contribution < 1.29 is 27.4 Å². The fourth-order valence-electron chi connectivity index (χ4n) is 3.68. The first-order chi connectivity index (χ1) is 16.1. The average molecular weight is 471 g/mol. The number of benzene rings is 1. The number of nitriles is 1. The van der Waals surface area contributed by atoms with Gasteiger partial charge in [-0.2, -0.15) is 23.5 Å². The number of pyridine rings is 1. The Balaban J connectivity index is 1.65. The zero-order valence-corrected chi connectivity index (χ0v) is 18.6. The summed E-state index contributed by atoms with van der Waals surface area (Å²) < 4.78 is 51.4. The molecule has 0 saturated heterocycles. The fourth-order valence-corrected chi connectivity index (χ4v) is 3.68. The van der Waals surface area contributed by atoms with E-state index in [-0.39, 0.29) is 35.7 Å². The van der Waals surface area contributed by atoms with Gasteiger partial charge in [0.25, 0.3) is 5.91 Å². The van der Waals surface area contributed by atoms with Crippen molar-refractivity contribution in [3.05, 3.63) is 64.7 Å². The van der Waals surface area contributed by atoms with Gasteiger partial charge in [0.15, 0.2) is 11.9 Å². The number of halogens is 3. The Morgan fingerprint density at radius 1 is 1.26 bits per heavy atom. The first kappa shape index (κ1) is 23.1. The number of rotatable bonds is 5. The van der Waals surface area contributed by atoms with E-state index in [1.54, 1.807) is 17.1 Å². The lowest BCUT2D eigenvalue weighted by Gasteiger charge is -2.23. The lowest BCUT2D eigenvalue weighted by molar-refractivity contribution is -0.189. The smallest absolute Gasteiger partial charge is 0.425 e. The summed E-state index contributed by atoms with van der Waals surface area (Å²) in [7, 11) is 1.24. The number of aromatic nitrogens is 3. The molecule has 176 valence electrons. The summed E-state index contributed by atoms with van der Waals surface area (Å²) in [6.45, 7) is 3.03. The van der Waals surface area contributed by atoms with Crippen LogP contribution in [0.1, 0.15) is 39.8 Å². The molecule has 0 saturated carbocycles. The third kappa shape index (κ3) is 4.26. The van der Waals surface area contributed by atoms with Gasteiger partial charge in [0, 0.05) is 30.2 Å². The molecule has 3 aromatic rings. The largest absolute Gasteiger partial charge is 0.494 e. The molecule has 1 amide bonds. The number of carbonyl (C=O) groups is 1. The van der Waals surface area contributed by atoms with Crippen molar-refractivity contribution in [3.63, 3.8) is 0 Å². The number of fused-ring (bicyclic) bond motifs is 1. The minimum atomic E-state index is -4.64. The molecular formula is C23H20F3N5O3. The van der Waals surface area contributed by atoms with Crippen LogP contribution in [0.5, 0.6) is 11.5 Å². The topological polar surface area (TPSA) is 93.3 Å². The van der Waals surface area contributed by atoms with Crippen LogP contribution in [0.25, 0.3) is 5.69 Å². The summed E-state index contributed by atoms with van der Waals surface area (Å²) in [6, 6.07) is 8.00. The lowest BCUT2D eigenvalue weighted by atomic mass is 10.1. The van der Waals surface area contributed by atoms with Gasteiger partial charge < -0.3 is 14.4 Å². The standard InChI is InChI=1S/C23H20F3N5O3/c1-13-8-17(6-7-28-13)31-11-16-10-30(12-18(16)29-31)22(32)20-19(34-14(2)23(24,25)26)5-4-15(9-27)21(20)33-3/h4-8,11,14H,10,12H2,1-3H3/t14-/m1/s1. The van der Waals surface area contributed by atoms with E-state index in [1.165, 1.54) is 24.1 Å². The quantitative estimate of drug-likeness (QED) is 0.560. The number of ether oxygens (including phenoxy) is 2. The summed E-state index contributed by atoms with van der Waals surface area (Å²) in [5.74, 6) is -1.07. The van der Waals surface area contributed by atoms with Crippen molar-refractivity contribution in [2.45, 2.75) is 39.2 Å². The molecule has 1 aliphatic rings. The van der Waals surface area contributed by atoms with Gasteiger partial charge in [-0.05, 0) is 38.1 Å². The molecule has 1 aliphatic heterocycles. The van der Waals surface area contributed by atoms with Crippen LogP contribution in [0.15, 0.2) is 36.7 Å². The Hall–Kier alpha value is -4.07. The number of methoxy groups -OCH3 is 1. The van der Waals surface area contributed by atoms with Gasteiger partial charge in [0.2, 0.25) is 0 Å². The van der Waals surface area contributed by atoms with Gasteiger partial charge in [-0.15, -0.1) is 0 Å². The van der Waals surface area contributed by atoms with E-state index < -0.39 is 18.2 Å². The van der Waals surface area contributed by atoms with Crippen LogP contribution in [-0.4, -0.2) is 45.0 Å². The van der Waals surface area contributed by atoms with Crippen LogP contribution in [0, 0.1) is 18.3 Å². The van der Waals surface area contributed by atoms with Crippen LogP contribution < -0.4 is 9.47 Å². The maximum Gasteiger partial charge on any atom is 0.425 e. The third-order valence-corrected chi connectivity index (χ3v) is 5.43. The zero-order chi connectivity index (χ0) is 24.6. The van der Waals surface area contributed by atoms with E-state index in [0.29, 0.717) is 5.69 Å². The molecule has 3 heterocycles. The Morgan fingerprint density at radius 2 is 2.03 bits per heavy atom. The van der Waals surface area contributed by atoms with Gasteiger partial charge in [-0.3, -0.25) is 9.78 Å². The van der Waals surface area contributed by atoms with Gasteiger partial charge in [0.05, 0.1) is 30.6 Å². The normalized spacial score (nSPS) is 13.9. The molecule has 8 nitrogen and oxygen atoms in total. The van der Waals surface area contributed by atoms with E-state index in [4.69, 9.17) is 9.47 Å². The summed E-state index contributed by atoms with van der Waals surface area (Å²) >= 11 is 0. The van der Waals surface area contributed by atoms with Crippen LogP contribution in [0.2, 0.25) is 0 Å². The van der Waals surface area contributed by atoms with Crippen LogP contribution >= 0.6 is 0 Å². The molecule has 2 aromatic heterocycles. The van der Waals surface area contributed by atoms with E-state index in [9.17, 15) is 23.2 Å². The Bertz CT molecular complexity index is 1270. The van der Waals surface area contributed by atoms with E-state index in [0.717, 1.165) is 23.9 Å². The molecule has 34 heavy (non-hydrogen) atoms. The minimum Gasteiger partial charge on any atom is -0.494 e. The molecule has 0 unspecified atom stereocenters. The first-order valence-electron chi connectivity index (χ1n) is 10.3. The van der Waals surface area contributed by atoms with E-state index in [2.05, 4.69) is 10.1 Å². The first-order valence-corrected chi connectivity index (χ1v) is 10.3. The zero-order valence-electron chi connectivity index (χ0n) is 18.6. The molecule has 4 rings (SSSR count). The predicted molar refractivity (Wildman–Crippen MR) is 114 cm³/mol. The summed E-state index contributed by atoms with van der Waals surface area (Å²) in [6.07, 6.45) is -3.34. The molecular weight excluding hydrogens is 451 g/mol. The lowest BCUT2D eigenvalue weighted by Crippen LogP contribution is -2.33. The van der Waals surface area contributed by atoms with Gasteiger partial charge in [-0.1, -0.05) is 0 Å². The fraction of sp³-hybridized carbons (Fsp3) is 0.304. The Labute approximate surface area is 193 Å². The molecule has 0 aliphatic carbocycles. The minimum absolute atomic E-state index is 0.00745. The second-order valence-electron chi connectivity index (χ2n) is 7.80. The highest BCUT2D eigenvalue weighted by molar-refractivity contribution is 6.00. The van der Waals surface area contributed by atoms with E-state index in [1.807, 2.05) is 25.1 Å². The van der Waals surface area contributed by atoms with Crippen molar-refractivity contribution in [2.75, 3.05) is 7.11 Å². The maximum atomic E-state index is 13.4. The molecule has 0 radical (unpaired) electrons. The van der Waals surface area contributed by atoms with Crippen molar-refractivity contribution in [2.24, 2.45) is 0 Å². The van der Waals surface area contributed by atoms with E-state index >= 15 is 0 Å². The van der Waals surface area contributed by atoms with Gasteiger partial charge in [0.1, 0.15) is 17.4 Å². The second kappa shape index (κ2) is 8.70. The van der Waals surface area contributed by atoms with Crippen molar-refractivity contribution in [1.29, 1.82) is 5.26 Å². The molecule has 0 bridgehead atoms. The number of hydrogen-bond donors (Lipinski definition) is 0. The van der Waals surface area contributed by atoms with Crippen LogP contribution in [0.3, 0.4) is 0 Å². The highest BCUT2D eigenvalue weighted by Gasteiger charge is 2.40. The monoisotopic (exact) mass is 471 g/mol. The molecule has 1 atom stereocenters. The maximum absolute atomic E-state index is 13.4. The third-order valence-electron chi connectivity index (χ3n) is 5.43. The highest BCUT2D eigenvalue weighted by Crippen LogP contribution is 2.37. The SMILES string of the molecule is COc1c(C#N)ccc(O[C@H](C)C(F)(F)F)c1C(=O)N1Cc2cn(-c3ccnc(C)c3)nc2C1. The Morgan fingerprint density at radius 3 is 2.65 bits per heavy atom. The molecule has 11 heteroatoms. The highest BCUT2D eigenvalue weighted by atomic mass is 19.4. The van der Waals surface area contributed by atoms with Crippen molar-refractivity contribution in [3.8, 4) is 23.3 Å². The summed E-state index contributed by atoms with van der Waals surface area (Å²) in [5.41, 5.74) is 2.87. The molecule has 0 N–H and O–H groups in total. The average Bonchev–Trinajstić information content (AvgIpc) is 3.37. The number of amides is 1. The summed E-state index contributed by atoms with van der Waals surface area (Å²) in [5, 5.41) is 13.9. The van der Waals surface area contributed by atoms with Crippen LogP contribution in [0.4, 0.5) is 13.2 Å². The molecule has 0 spiro atoms.